The van der Waals surface area contributed by atoms with Crippen LogP contribution in [0.4, 0.5) is 0 Å². The molecule has 0 saturated heterocycles. The van der Waals surface area contributed by atoms with Gasteiger partial charge in [-0.25, -0.2) is 0 Å². The van der Waals surface area contributed by atoms with Crippen molar-refractivity contribution in [2.45, 2.75) is 108 Å². The van der Waals surface area contributed by atoms with Crippen molar-refractivity contribution >= 4 is 6.29 Å². The minimum absolute atomic E-state index is 0.152. The molecule has 0 aromatic carbocycles. The van der Waals surface area contributed by atoms with Crippen LogP contribution in [0.25, 0.3) is 0 Å². The van der Waals surface area contributed by atoms with E-state index < -0.39 is 34.1 Å². The first kappa shape index (κ1) is 25.4. The van der Waals surface area contributed by atoms with Gasteiger partial charge >= 0.3 is 0 Å². The minimum atomic E-state index is -1.42. The van der Waals surface area contributed by atoms with Crippen molar-refractivity contribution < 1.29 is 24.9 Å². The van der Waals surface area contributed by atoms with E-state index in [1.54, 1.807) is 0 Å². The summed E-state index contributed by atoms with van der Waals surface area (Å²) in [4.78, 5) is 31.3. The SMILES string of the molecule is CCCCCC(C(O)CC(O)C(CCCCCCC[C]=O)[N+](=O)[O-])[N+](=O)[O-]. The van der Waals surface area contributed by atoms with Gasteiger partial charge in [0.05, 0.1) is 0 Å². The Labute approximate surface area is 160 Å². The van der Waals surface area contributed by atoms with Gasteiger partial charge < -0.3 is 10.2 Å². The van der Waals surface area contributed by atoms with Crippen LogP contribution in [-0.4, -0.2) is 50.6 Å². The molecule has 0 aliphatic rings. The zero-order valence-corrected chi connectivity index (χ0v) is 16.1. The molecule has 0 aliphatic heterocycles. The highest BCUT2D eigenvalue weighted by Gasteiger charge is 2.36. The number of hydrogen-bond donors (Lipinski definition) is 2. The lowest BCUT2D eigenvalue weighted by molar-refractivity contribution is -0.544. The Balaban J connectivity index is 4.45. The average Bonchev–Trinajstić information content (AvgIpc) is 2.60. The van der Waals surface area contributed by atoms with Crippen molar-refractivity contribution in [2.24, 2.45) is 0 Å². The average molecular weight is 389 g/mol. The Bertz CT molecular complexity index is 434. The molecule has 0 spiro atoms. The van der Waals surface area contributed by atoms with Crippen molar-refractivity contribution in [2.75, 3.05) is 0 Å². The second-order valence-corrected chi connectivity index (χ2v) is 7.02. The van der Waals surface area contributed by atoms with Gasteiger partial charge in [-0.3, -0.25) is 25.0 Å². The number of nitro groups is 2. The van der Waals surface area contributed by atoms with Crippen LogP contribution in [0.3, 0.4) is 0 Å². The molecule has 0 aromatic heterocycles. The third-order valence-corrected chi connectivity index (χ3v) is 4.80. The summed E-state index contributed by atoms with van der Waals surface area (Å²) < 4.78 is 0. The highest BCUT2D eigenvalue weighted by atomic mass is 16.6. The molecule has 0 saturated carbocycles. The molecular weight excluding hydrogens is 356 g/mol. The topological polar surface area (TPSA) is 144 Å². The van der Waals surface area contributed by atoms with Gasteiger partial charge in [0.25, 0.3) is 0 Å². The lowest BCUT2D eigenvalue weighted by Gasteiger charge is -2.21. The summed E-state index contributed by atoms with van der Waals surface area (Å²) in [5.41, 5.74) is 0. The third kappa shape index (κ3) is 11.7. The van der Waals surface area contributed by atoms with Crippen LogP contribution in [0.15, 0.2) is 0 Å². The van der Waals surface area contributed by atoms with E-state index in [9.17, 15) is 35.2 Å². The van der Waals surface area contributed by atoms with Crippen molar-refractivity contribution in [3.8, 4) is 0 Å². The van der Waals surface area contributed by atoms with Crippen LogP contribution in [0, 0.1) is 20.2 Å². The van der Waals surface area contributed by atoms with E-state index in [4.69, 9.17) is 0 Å². The molecule has 4 unspecified atom stereocenters. The molecule has 27 heavy (non-hydrogen) atoms. The first-order valence-corrected chi connectivity index (χ1v) is 9.83. The summed E-state index contributed by atoms with van der Waals surface area (Å²) in [6.45, 7) is 1.96. The van der Waals surface area contributed by atoms with E-state index in [0.717, 1.165) is 38.5 Å². The monoisotopic (exact) mass is 389 g/mol. The Hall–Kier alpha value is -1.61. The van der Waals surface area contributed by atoms with E-state index in [1.165, 1.54) is 0 Å². The Morgan fingerprint density at radius 2 is 1.26 bits per heavy atom. The third-order valence-electron chi connectivity index (χ3n) is 4.80. The molecule has 0 rings (SSSR count). The van der Waals surface area contributed by atoms with Gasteiger partial charge in [-0.2, -0.15) is 0 Å². The number of aliphatic hydroxyl groups is 2. The van der Waals surface area contributed by atoms with Crippen LogP contribution in [0.1, 0.15) is 84.0 Å². The molecule has 157 valence electrons. The predicted molar refractivity (Wildman–Crippen MR) is 100 cm³/mol. The van der Waals surface area contributed by atoms with Crippen LogP contribution < -0.4 is 0 Å². The van der Waals surface area contributed by atoms with Crippen LogP contribution >= 0.6 is 0 Å². The van der Waals surface area contributed by atoms with E-state index in [-0.39, 0.29) is 19.3 Å². The van der Waals surface area contributed by atoms with Gasteiger partial charge in [-0.1, -0.05) is 39.0 Å². The van der Waals surface area contributed by atoms with E-state index in [1.807, 2.05) is 13.2 Å². The van der Waals surface area contributed by atoms with E-state index in [2.05, 4.69) is 0 Å². The second kappa shape index (κ2) is 15.4. The molecule has 4 atom stereocenters. The second-order valence-electron chi connectivity index (χ2n) is 7.02. The molecular formula is C18H33N2O7. The maximum Gasteiger partial charge on any atom is 0.238 e. The number of aliphatic hydroxyl groups excluding tert-OH is 2. The fraction of sp³-hybridized carbons (Fsp3) is 0.944. The fourth-order valence-corrected chi connectivity index (χ4v) is 3.12. The summed E-state index contributed by atoms with van der Waals surface area (Å²) in [5.74, 6) is 0. The van der Waals surface area contributed by atoms with Crippen molar-refractivity contribution in [1.82, 2.24) is 0 Å². The maximum atomic E-state index is 11.2. The molecule has 0 bridgehead atoms. The van der Waals surface area contributed by atoms with Crippen molar-refractivity contribution in [1.29, 1.82) is 0 Å². The minimum Gasteiger partial charge on any atom is -0.386 e. The highest BCUT2D eigenvalue weighted by Crippen LogP contribution is 2.19. The Morgan fingerprint density at radius 1 is 0.815 bits per heavy atom. The molecule has 0 amide bonds. The number of rotatable bonds is 18. The van der Waals surface area contributed by atoms with Crippen LogP contribution in [0.5, 0.6) is 0 Å². The predicted octanol–water partition coefficient (Wildman–Crippen LogP) is 2.81. The summed E-state index contributed by atoms with van der Waals surface area (Å²) in [7, 11) is 0. The molecule has 9 nitrogen and oxygen atoms in total. The van der Waals surface area contributed by atoms with E-state index >= 15 is 0 Å². The van der Waals surface area contributed by atoms with Gasteiger partial charge in [-0.15, -0.1) is 0 Å². The van der Waals surface area contributed by atoms with Crippen molar-refractivity contribution in [3.05, 3.63) is 20.2 Å². The Kier molecular flexibility index (Phi) is 14.5. The van der Waals surface area contributed by atoms with E-state index in [0.29, 0.717) is 19.3 Å². The summed E-state index contributed by atoms with van der Waals surface area (Å²) >= 11 is 0. The maximum absolute atomic E-state index is 11.2. The normalized spacial score (nSPS) is 15.7. The molecule has 0 aliphatic carbocycles. The van der Waals surface area contributed by atoms with Crippen LogP contribution in [-0.2, 0) is 4.79 Å². The zero-order valence-electron chi connectivity index (χ0n) is 16.1. The first-order valence-electron chi connectivity index (χ1n) is 9.83. The number of carbonyl (C=O) groups excluding carboxylic acids is 1. The largest absolute Gasteiger partial charge is 0.386 e. The zero-order chi connectivity index (χ0) is 20.7. The van der Waals surface area contributed by atoms with Gasteiger partial charge in [0.1, 0.15) is 12.2 Å². The number of nitrogens with zero attached hydrogens (tertiary/aromatic N) is 2. The summed E-state index contributed by atoms with van der Waals surface area (Å²) in [6, 6.07) is -2.46. The summed E-state index contributed by atoms with van der Waals surface area (Å²) in [6.07, 6.45) is 5.35. The summed E-state index contributed by atoms with van der Waals surface area (Å²) in [5, 5.41) is 42.6. The molecule has 1 radical (unpaired) electrons. The lowest BCUT2D eigenvalue weighted by atomic mass is 9.94. The van der Waals surface area contributed by atoms with Gasteiger partial charge in [-0.05, 0) is 19.3 Å². The molecule has 0 aromatic rings. The van der Waals surface area contributed by atoms with Crippen LogP contribution in [0.2, 0.25) is 0 Å². The molecule has 0 heterocycles. The smallest absolute Gasteiger partial charge is 0.238 e. The molecule has 0 fully saturated rings. The quantitative estimate of drug-likeness (QED) is 0.208. The highest BCUT2D eigenvalue weighted by molar-refractivity contribution is 5.50. The van der Waals surface area contributed by atoms with Gasteiger partial charge in [0.2, 0.25) is 12.1 Å². The Morgan fingerprint density at radius 3 is 1.70 bits per heavy atom. The number of unbranched alkanes of at least 4 members (excludes halogenated alkanes) is 7. The van der Waals surface area contributed by atoms with Gasteiger partial charge in [0, 0.05) is 35.5 Å². The molecule has 9 heteroatoms. The fourth-order valence-electron chi connectivity index (χ4n) is 3.12. The standard InChI is InChI=1S/C18H33N2O7/c1-2-3-8-11-15(19(24)25)17(22)14-18(23)16(20(26)27)12-9-6-4-5-7-10-13-21/h15-18,22-23H,2-12,14H2,1H3. The molecule has 2 N–H and O–H groups in total. The lowest BCUT2D eigenvalue weighted by Crippen LogP contribution is -2.41. The number of hydrogen-bond acceptors (Lipinski definition) is 7. The van der Waals surface area contributed by atoms with Gasteiger partial charge in [0.15, 0.2) is 6.29 Å². The first-order chi connectivity index (χ1) is 12.8. The van der Waals surface area contributed by atoms with Crippen molar-refractivity contribution in [3.63, 3.8) is 0 Å².